The molecule has 0 bridgehead atoms. The summed E-state index contributed by atoms with van der Waals surface area (Å²) < 4.78 is 0. The first-order valence-corrected chi connectivity index (χ1v) is 7.78. The molecule has 0 heterocycles. The van der Waals surface area contributed by atoms with E-state index in [1.54, 1.807) is 0 Å². The van der Waals surface area contributed by atoms with Crippen molar-refractivity contribution < 1.29 is 4.79 Å². The molecule has 1 rings (SSSR count). The second-order valence-electron chi connectivity index (χ2n) is 5.49. The summed E-state index contributed by atoms with van der Waals surface area (Å²) in [6.45, 7) is 7.55. The molecule has 0 aromatic rings. The van der Waals surface area contributed by atoms with Crippen LogP contribution in [0.15, 0.2) is 0 Å². The third kappa shape index (κ3) is 6.39. The van der Waals surface area contributed by atoms with Crippen LogP contribution < -0.4 is 5.32 Å². The second kappa shape index (κ2) is 9.37. The van der Waals surface area contributed by atoms with Gasteiger partial charge in [-0.15, -0.1) is 0 Å². The van der Waals surface area contributed by atoms with E-state index in [0.717, 1.165) is 19.6 Å². The average molecular weight is 254 g/mol. The lowest BCUT2D eigenvalue weighted by molar-refractivity contribution is -0.122. The van der Waals surface area contributed by atoms with Crippen molar-refractivity contribution in [3.63, 3.8) is 0 Å². The van der Waals surface area contributed by atoms with Gasteiger partial charge in [-0.3, -0.25) is 4.79 Å². The number of carbonyl (C=O) groups excluding carboxylic acids is 1. The monoisotopic (exact) mass is 254 g/mol. The van der Waals surface area contributed by atoms with Gasteiger partial charge in [-0.2, -0.15) is 0 Å². The molecule has 1 fully saturated rings. The molecule has 3 nitrogen and oxygen atoms in total. The Morgan fingerprint density at radius 2 is 1.67 bits per heavy atom. The SMILES string of the molecule is CCCN(CCC)CCC(=O)NC1CCCCC1. The summed E-state index contributed by atoms with van der Waals surface area (Å²) in [4.78, 5) is 14.3. The van der Waals surface area contributed by atoms with Gasteiger partial charge in [-0.1, -0.05) is 33.1 Å². The molecule has 3 heteroatoms. The Hall–Kier alpha value is -0.570. The van der Waals surface area contributed by atoms with Crippen LogP contribution in [0.2, 0.25) is 0 Å². The Kier molecular flexibility index (Phi) is 8.06. The number of nitrogens with one attached hydrogen (secondary N) is 1. The van der Waals surface area contributed by atoms with Crippen molar-refractivity contribution in [2.24, 2.45) is 0 Å². The van der Waals surface area contributed by atoms with Crippen molar-refractivity contribution in [1.29, 1.82) is 0 Å². The lowest BCUT2D eigenvalue weighted by Gasteiger charge is -2.24. The van der Waals surface area contributed by atoms with E-state index in [0.29, 0.717) is 12.5 Å². The summed E-state index contributed by atoms with van der Waals surface area (Å²) >= 11 is 0. The molecule has 0 radical (unpaired) electrons. The molecule has 1 aliphatic rings. The van der Waals surface area contributed by atoms with E-state index < -0.39 is 0 Å². The normalized spacial score (nSPS) is 17.1. The highest BCUT2D eigenvalue weighted by Crippen LogP contribution is 2.17. The van der Waals surface area contributed by atoms with E-state index in [1.807, 2.05) is 0 Å². The van der Waals surface area contributed by atoms with Gasteiger partial charge in [0, 0.05) is 19.0 Å². The maximum absolute atomic E-state index is 11.9. The molecule has 0 aromatic carbocycles. The van der Waals surface area contributed by atoms with Crippen molar-refractivity contribution in [3.8, 4) is 0 Å². The summed E-state index contributed by atoms with van der Waals surface area (Å²) in [5.74, 6) is 0.249. The van der Waals surface area contributed by atoms with Crippen molar-refractivity contribution in [2.45, 2.75) is 71.3 Å². The zero-order chi connectivity index (χ0) is 13.2. The quantitative estimate of drug-likeness (QED) is 0.722. The molecule has 0 spiro atoms. The highest BCUT2D eigenvalue weighted by molar-refractivity contribution is 5.76. The topological polar surface area (TPSA) is 32.3 Å². The second-order valence-corrected chi connectivity index (χ2v) is 5.49. The highest BCUT2D eigenvalue weighted by Gasteiger charge is 2.15. The standard InChI is InChI=1S/C15H30N2O/c1-3-11-17(12-4-2)13-10-15(18)16-14-8-6-5-7-9-14/h14H,3-13H2,1-2H3,(H,16,18). The van der Waals surface area contributed by atoms with Gasteiger partial charge in [0.1, 0.15) is 0 Å². The molecule has 18 heavy (non-hydrogen) atoms. The van der Waals surface area contributed by atoms with E-state index in [9.17, 15) is 4.79 Å². The lowest BCUT2D eigenvalue weighted by atomic mass is 9.95. The molecule has 1 saturated carbocycles. The summed E-state index contributed by atoms with van der Waals surface area (Å²) in [5.41, 5.74) is 0. The summed E-state index contributed by atoms with van der Waals surface area (Å²) in [7, 11) is 0. The fourth-order valence-corrected chi connectivity index (χ4v) is 2.77. The zero-order valence-corrected chi connectivity index (χ0v) is 12.2. The zero-order valence-electron chi connectivity index (χ0n) is 12.2. The van der Waals surface area contributed by atoms with Crippen LogP contribution in [-0.4, -0.2) is 36.5 Å². The first kappa shape index (κ1) is 15.5. The Morgan fingerprint density at radius 3 is 2.22 bits per heavy atom. The first-order valence-electron chi connectivity index (χ1n) is 7.78. The van der Waals surface area contributed by atoms with Crippen LogP contribution in [0.25, 0.3) is 0 Å². The largest absolute Gasteiger partial charge is 0.353 e. The van der Waals surface area contributed by atoms with Crippen molar-refractivity contribution in [2.75, 3.05) is 19.6 Å². The molecule has 1 amide bonds. The van der Waals surface area contributed by atoms with Gasteiger partial charge < -0.3 is 10.2 Å². The molecule has 0 atom stereocenters. The van der Waals surface area contributed by atoms with Crippen molar-refractivity contribution >= 4 is 5.91 Å². The lowest BCUT2D eigenvalue weighted by Crippen LogP contribution is -2.38. The van der Waals surface area contributed by atoms with Gasteiger partial charge in [0.2, 0.25) is 5.91 Å². The smallest absolute Gasteiger partial charge is 0.221 e. The predicted octanol–water partition coefficient (Wildman–Crippen LogP) is 2.95. The Morgan fingerprint density at radius 1 is 1.06 bits per heavy atom. The Labute approximate surface area is 112 Å². The van der Waals surface area contributed by atoms with Crippen LogP contribution in [0.5, 0.6) is 0 Å². The van der Waals surface area contributed by atoms with E-state index in [2.05, 4.69) is 24.1 Å². The van der Waals surface area contributed by atoms with Gasteiger partial charge >= 0.3 is 0 Å². The van der Waals surface area contributed by atoms with Gasteiger partial charge in [0.15, 0.2) is 0 Å². The van der Waals surface area contributed by atoms with Crippen LogP contribution in [-0.2, 0) is 4.79 Å². The molecule has 0 aromatic heterocycles. The number of amides is 1. The third-order valence-electron chi connectivity index (χ3n) is 3.71. The van der Waals surface area contributed by atoms with Crippen LogP contribution in [0.4, 0.5) is 0 Å². The maximum atomic E-state index is 11.9. The molecule has 1 aliphatic carbocycles. The minimum atomic E-state index is 0.249. The minimum absolute atomic E-state index is 0.249. The fourth-order valence-electron chi connectivity index (χ4n) is 2.77. The number of hydrogen-bond donors (Lipinski definition) is 1. The molecule has 0 aliphatic heterocycles. The summed E-state index contributed by atoms with van der Waals surface area (Å²) in [5, 5.41) is 3.19. The summed E-state index contributed by atoms with van der Waals surface area (Å²) in [6, 6.07) is 0.456. The molecule has 0 unspecified atom stereocenters. The van der Waals surface area contributed by atoms with Crippen LogP contribution in [0.3, 0.4) is 0 Å². The van der Waals surface area contributed by atoms with Gasteiger partial charge in [-0.05, 0) is 38.8 Å². The van der Waals surface area contributed by atoms with Crippen molar-refractivity contribution in [1.82, 2.24) is 10.2 Å². The van der Waals surface area contributed by atoms with Crippen LogP contribution in [0, 0.1) is 0 Å². The molecule has 1 N–H and O–H groups in total. The first-order chi connectivity index (χ1) is 8.76. The Bertz CT molecular complexity index is 219. The van der Waals surface area contributed by atoms with Gasteiger partial charge in [0.25, 0.3) is 0 Å². The van der Waals surface area contributed by atoms with Gasteiger partial charge in [-0.25, -0.2) is 0 Å². The van der Waals surface area contributed by atoms with E-state index in [-0.39, 0.29) is 5.91 Å². The number of rotatable bonds is 8. The Balaban J connectivity index is 2.17. The van der Waals surface area contributed by atoms with E-state index >= 15 is 0 Å². The molecule has 0 saturated heterocycles. The number of nitrogens with zero attached hydrogens (tertiary/aromatic N) is 1. The fraction of sp³-hybridized carbons (Fsp3) is 0.933. The van der Waals surface area contributed by atoms with Crippen molar-refractivity contribution in [3.05, 3.63) is 0 Å². The van der Waals surface area contributed by atoms with E-state index in [4.69, 9.17) is 0 Å². The average Bonchev–Trinajstić information content (AvgIpc) is 2.38. The minimum Gasteiger partial charge on any atom is -0.353 e. The number of hydrogen-bond acceptors (Lipinski definition) is 2. The third-order valence-corrected chi connectivity index (χ3v) is 3.71. The number of carbonyl (C=O) groups is 1. The van der Waals surface area contributed by atoms with Crippen LogP contribution in [0.1, 0.15) is 65.2 Å². The summed E-state index contributed by atoms with van der Waals surface area (Å²) in [6.07, 6.45) is 9.27. The molecular formula is C15H30N2O. The molecular weight excluding hydrogens is 224 g/mol. The van der Waals surface area contributed by atoms with E-state index in [1.165, 1.54) is 44.9 Å². The predicted molar refractivity (Wildman–Crippen MR) is 76.7 cm³/mol. The molecule has 106 valence electrons. The van der Waals surface area contributed by atoms with Gasteiger partial charge in [0.05, 0.1) is 0 Å². The highest BCUT2D eigenvalue weighted by atomic mass is 16.1. The van der Waals surface area contributed by atoms with Crippen LogP contribution >= 0.6 is 0 Å². The maximum Gasteiger partial charge on any atom is 0.221 e.